The molecule has 96 valence electrons. The van der Waals surface area contributed by atoms with Crippen molar-refractivity contribution in [1.82, 2.24) is 9.97 Å². The fraction of sp³-hybridized carbons (Fsp3) is 0. The normalized spacial score (nSPS) is 11.5. The first-order valence-corrected chi connectivity index (χ1v) is 8.00. The van der Waals surface area contributed by atoms with Crippen LogP contribution in [0.15, 0.2) is 38.6 Å². The van der Waals surface area contributed by atoms with Crippen molar-refractivity contribution < 1.29 is 8.42 Å². The zero-order valence-electron chi connectivity index (χ0n) is 8.62. The summed E-state index contributed by atoms with van der Waals surface area (Å²) in [5.74, 6) is 0. The molecule has 0 unspecified atom stereocenters. The number of halogens is 3. The third-order valence-electron chi connectivity index (χ3n) is 2.01. The van der Waals surface area contributed by atoms with Gasteiger partial charge >= 0.3 is 0 Å². The number of benzene rings is 1. The van der Waals surface area contributed by atoms with E-state index in [1.165, 1.54) is 12.5 Å². The predicted molar refractivity (Wildman–Crippen MR) is 76.2 cm³/mol. The van der Waals surface area contributed by atoms with Crippen LogP contribution in [0.1, 0.15) is 0 Å². The van der Waals surface area contributed by atoms with Crippen LogP contribution >= 0.6 is 43.5 Å². The van der Waals surface area contributed by atoms with Crippen molar-refractivity contribution in [1.29, 1.82) is 0 Å². The van der Waals surface area contributed by atoms with Gasteiger partial charge in [-0.25, -0.2) is 4.98 Å². The molecule has 0 aliphatic carbocycles. The Bertz CT molecular complexity index is 650. The molecule has 0 fully saturated rings. The van der Waals surface area contributed by atoms with Crippen molar-refractivity contribution in [3.05, 3.63) is 38.6 Å². The molecule has 0 spiro atoms. The van der Waals surface area contributed by atoms with Gasteiger partial charge in [-0.05, 0) is 44.0 Å². The van der Waals surface area contributed by atoms with Crippen molar-refractivity contribution in [3.63, 3.8) is 0 Å². The monoisotopic (exact) mass is 413 g/mol. The Hall–Kier alpha value is -0.570. The van der Waals surface area contributed by atoms with Crippen molar-refractivity contribution in [2.24, 2.45) is 0 Å². The SMILES string of the molecule is O=S(=O)(Nc1c(Br)cc(Cl)cc1Br)c1cnc[nH]1. The molecule has 0 aliphatic heterocycles. The maximum absolute atomic E-state index is 12.0. The molecule has 0 saturated heterocycles. The Morgan fingerprint density at radius 2 is 1.89 bits per heavy atom. The number of aromatic amines is 1. The molecule has 2 rings (SSSR count). The number of H-pyrrole nitrogens is 1. The van der Waals surface area contributed by atoms with Crippen LogP contribution in [-0.2, 0) is 10.0 Å². The third kappa shape index (κ3) is 2.87. The van der Waals surface area contributed by atoms with Gasteiger partial charge in [0.25, 0.3) is 10.0 Å². The van der Waals surface area contributed by atoms with E-state index < -0.39 is 10.0 Å². The van der Waals surface area contributed by atoms with Gasteiger partial charge in [0, 0.05) is 14.0 Å². The van der Waals surface area contributed by atoms with Crippen LogP contribution in [0.2, 0.25) is 5.02 Å². The minimum atomic E-state index is -3.70. The maximum Gasteiger partial charge on any atom is 0.279 e. The van der Waals surface area contributed by atoms with E-state index in [4.69, 9.17) is 11.6 Å². The summed E-state index contributed by atoms with van der Waals surface area (Å²) in [4.78, 5) is 6.20. The molecule has 0 radical (unpaired) electrons. The Kier molecular flexibility index (Phi) is 4.00. The summed E-state index contributed by atoms with van der Waals surface area (Å²) in [5, 5.41) is 0.467. The summed E-state index contributed by atoms with van der Waals surface area (Å²) in [6.45, 7) is 0. The number of rotatable bonds is 3. The Morgan fingerprint density at radius 1 is 1.28 bits per heavy atom. The second-order valence-electron chi connectivity index (χ2n) is 3.27. The van der Waals surface area contributed by atoms with Crippen LogP contribution in [-0.4, -0.2) is 18.4 Å². The number of sulfonamides is 1. The lowest BCUT2D eigenvalue weighted by Crippen LogP contribution is -2.14. The van der Waals surface area contributed by atoms with E-state index in [-0.39, 0.29) is 5.03 Å². The van der Waals surface area contributed by atoms with E-state index >= 15 is 0 Å². The molecule has 0 aliphatic rings. The highest BCUT2D eigenvalue weighted by atomic mass is 79.9. The zero-order chi connectivity index (χ0) is 13.3. The molecule has 2 N–H and O–H groups in total. The lowest BCUT2D eigenvalue weighted by Gasteiger charge is -2.10. The molecule has 1 aromatic carbocycles. The standard InChI is InChI=1S/C9H6Br2ClN3O2S/c10-6-1-5(12)2-7(11)9(6)15-18(16,17)8-3-13-4-14-8/h1-4,15H,(H,13,14). The molecule has 0 atom stereocenters. The van der Waals surface area contributed by atoms with E-state index in [0.717, 1.165) is 0 Å². The lowest BCUT2D eigenvalue weighted by molar-refractivity contribution is 0.598. The molecule has 0 amide bonds. The average Bonchev–Trinajstić information content (AvgIpc) is 2.77. The second-order valence-corrected chi connectivity index (χ2v) is 7.06. The first-order valence-electron chi connectivity index (χ1n) is 4.56. The fourth-order valence-electron chi connectivity index (χ4n) is 1.22. The summed E-state index contributed by atoms with van der Waals surface area (Å²) < 4.78 is 27.5. The summed E-state index contributed by atoms with van der Waals surface area (Å²) in [6.07, 6.45) is 2.51. The van der Waals surface area contributed by atoms with Crippen molar-refractivity contribution in [2.45, 2.75) is 5.03 Å². The van der Waals surface area contributed by atoms with Gasteiger partial charge < -0.3 is 4.98 Å². The number of aromatic nitrogens is 2. The van der Waals surface area contributed by atoms with E-state index in [2.05, 4.69) is 46.5 Å². The van der Waals surface area contributed by atoms with E-state index in [0.29, 0.717) is 19.7 Å². The van der Waals surface area contributed by atoms with Gasteiger partial charge in [0.15, 0.2) is 5.03 Å². The molecule has 9 heteroatoms. The van der Waals surface area contributed by atoms with Gasteiger partial charge in [-0.1, -0.05) is 11.6 Å². The van der Waals surface area contributed by atoms with E-state index in [1.807, 2.05) is 0 Å². The Balaban J connectivity index is 2.42. The second kappa shape index (κ2) is 5.20. The van der Waals surface area contributed by atoms with Gasteiger partial charge in [0.2, 0.25) is 0 Å². The van der Waals surface area contributed by atoms with Crippen LogP contribution in [0.4, 0.5) is 5.69 Å². The first kappa shape index (κ1) is 13.9. The first-order chi connectivity index (χ1) is 8.40. The number of nitrogens with one attached hydrogen (secondary N) is 2. The fourth-order valence-corrected chi connectivity index (χ4v) is 4.35. The number of imidazole rings is 1. The average molecular weight is 415 g/mol. The number of nitrogens with zero attached hydrogens (tertiary/aromatic N) is 1. The van der Waals surface area contributed by atoms with Crippen LogP contribution in [0, 0.1) is 0 Å². The van der Waals surface area contributed by atoms with Crippen LogP contribution < -0.4 is 4.72 Å². The van der Waals surface area contributed by atoms with Gasteiger partial charge in [0.05, 0.1) is 18.2 Å². The third-order valence-corrected chi connectivity index (χ3v) is 4.75. The van der Waals surface area contributed by atoms with Crippen molar-refractivity contribution >= 4 is 59.2 Å². The minimum Gasteiger partial charge on any atom is -0.334 e. The van der Waals surface area contributed by atoms with Crippen LogP contribution in [0.25, 0.3) is 0 Å². The molecule has 18 heavy (non-hydrogen) atoms. The molecular formula is C9H6Br2ClN3O2S. The van der Waals surface area contributed by atoms with Gasteiger partial charge in [-0.2, -0.15) is 8.42 Å². The molecule has 1 aromatic heterocycles. The smallest absolute Gasteiger partial charge is 0.279 e. The molecule has 1 heterocycles. The molecular weight excluding hydrogens is 409 g/mol. The van der Waals surface area contributed by atoms with E-state index in [9.17, 15) is 8.42 Å². The largest absolute Gasteiger partial charge is 0.334 e. The van der Waals surface area contributed by atoms with Crippen LogP contribution in [0.3, 0.4) is 0 Å². The van der Waals surface area contributed by atoms with Crippen molar-refractivity contribution in [3.8, 4) is 0 Å². The molecule has 0 saturated carbocycles. The van der Waals surface area contributed by atoms with E-state index in [1.54, 1.807) is 12.1 Å². The van der Waals surface area contributed by atoms with Gasteiger partial charge in [-0.3, -0.25) is 4.72 Å². The maximum atomic E-state index is 12.0. The number of hydrogen-bond acceptors (Lipinski definition) is 3. The summed E-state index contributed by atoms with van der Waals surface area (Å²) >= 11 is 12.3. The van der Waals surface area contributed by atoms with Crippen LogP contribution in [0.5, 0.6) is 0 Å². The summed E-state index contributed by atoms with van der Waals surface area (Å²) in [5.41, 5.74) is 0.369. The number of hydrogen-bond donors (Lipinski definition) is 2. The summed E-state index contributed by atoms with van der Waals surface area (Å²) in [7, 11) is -3.70. The zero-order valence-corrected chi connectivity index (χ0v) is 13.4. The Labute approximate surface area is 125 Å². The Morgan fingerprint density at radius 3 is 2.39 bits per heavy atom. The minimum absolute atomic E-state index is 0.0174. The highest BCUT2D eigenvalue weighted by Crippen LogP contribution is 2.35. The summed E-state index contributed by atoms with van der Waals surface area (Å²) in [6, 6.07) is 3.19. The molecule has 5 nitrogen and oxygen atoms in total. The quantitative estimate of drug-likeness (QED) is 0.807. The highest BCUT2D eigenvalue weighted by Gasteiger charge is 2.19. The van der Waals surface area contributed by atoms with Gasteiger partial charge in [-0.15, -0.1) is 0 Å². The van der Waals surface area contributed by atoms with Gasteiger partial charge in [0.1, 0.15) is 0 Å². The lowest BCUT2D eigenvalue weighted by atomic mass is 10.3. The topological polar surface area (TPSA) is 74.8 Å². The number of anilines is 1. The highest BCUT2D eigenvalue weighted by molar-refractivity contribution is 9.11. The molecule has 2 aromatic rings. The predicted octanol–water partition coefficient (Wildman–Crippen LogP) is 3.39. The molecule has 0 bridgehead atoms. The van der Waals surface area contributed by atoms with Crippen molar-refractivity contribution in [2.75, 3.05) is 4.72 Å².